The Kier molecular flexibility index (Phi) is 3.37. The highest BCUT2D eigenvalue weighted by atomic mass is 15.0. The summed E-state index contributed by atoms with van der Waals surface area (Å²) in [6.45, 7) is 6.87. The van der Waals surface area contributed by atoms with E-state index in [2.05, 4.69) is 86.0 Å². The number of rotatable bonds is 2. The lowest BCUT2D eigenvalue weighted by atomic mass is 9.94. The number of aromatic nitrogens is 1. The smallest absolute Gasteiger partial charge is 0.0491 e. The minimum absolute atomic E-state index is 0.488. The van der Waals surface area contributed by atoms with Gasteiger partial charge in [-0.05, 0) is 49.4 Å². The van der Waals surface area contributed by atoms with Crippen molar-refractivity contribution in [1.29, 1.82) is 0 Å². The van der Waals surface area contributed by atoms with Crippen molar-refractivity contribution in [3.05, 3.63) is 65.9 Å². The molecule has 0 radical (unpaired) electrons. The van der Waals surface area contributed by atoms with Crippen molar-refractivity contribution in [3.8, 4) is 11.1 Å². The number of allylic oxidation sites excluding steroid dienone is 1. The minimum atomic E-state index is 0.488. The molecule has 0 bridgehead atoms. The molecule has 23 heavy (non-hydrogen) atoms. The van der Waals surface area contributed by atoms with E-state index < -0.39 is 0 Å². The Bertz CT molecular complexity index is 881. The summed E-state index contributed by atoms with van der Waals surface area (Å²) in [6.07, 6.45) is 5.82. The molecule has 0 saturated heterocycles. The van der Waals surface area contributed by atoms with Crippen LogP contribution in [0.1, 0.15) is 38.1 Å². The molecule has 2 aromatic carbocycles. The van der Waals surface area contributed by atoms with E-state index in [0.717, 1.165) is 6.42 Å². The fourth-order valence-corrected chi connectivity index (χ4v) is 3.82. The first-order chi connectivity index (χ1) is 11.1. The van der Waals surface area contributed by atoms with Crippen LogP contribution in [0.15, 0.2) is 54.6 Å². The molecule has 1 heteroatoms. The van der Waals surface area contributed by atoms with E-state index >= 15 is 0 Å². The van der Waals surface area contributed by atoms with Gasteiger partial charge in [0.1, 0.15) is 0 Å². The lowest BCUT2D eigenvalue weighted by molar-refractivity contribution is 0.567. The van der Waals surface area contributed by atoms with Gasteiger partial charge in [-0.25, -0.2) is 0 Å². The SMILES string of the molecule is CC1C=Cc2c(n(C(C)C)c3ccc(-c4ccccc4)cc23)C1. The zero-order valence-electron chi connectivity index (χ0n) is 14.1. The van der Waals surface area contributed by atoms with Crippen molar-refractivity contribution < 1.29 is 0 Å². The molecule has 0 spiro atoms. The van der Waals surface area contributed by atoms with Gasteiger partial charge < -0.3 is 4.57 Å². The molecule has 1 aliphatic carbocycles. The molecule has 0 amide bonds. The number of nitrogens with zero attached hydrogens (tertiary/aromatic N) is 1. The van der Waals surface area contributed by atoms with Crippen molar-refractivity contribution >= 4 is 17.0 Å². The molecule has 1 heterocycles. The fourth-order valence-electron chi connectivity index (χ4n) is 3.82. The van der Waals surface area contributed by atoms with Crippen molar-refractivity contribution in [2.75, 3.05) is 0 Å². The third-order valence-corrected chi connectivity index (χ3v) is 4.88. The number of benzene rings is 2. The lowest BCUT2D eigenvalue weighted by Crippen LogP contribution is -2.11. The van der Waals surface area contributed by atoms with Gasteiger partial charge in [-0.3, -0.25) is 0 Å². The Balaban J connectivity index is 1.98. The van der Waals surface area contributed by atoms with E-state index in [9.17, 15) is 0 Å². The zero-order chi connectivity index (χ0) is 16.0. The van der Waals surface area contributed by atoms with E-state index in [1.54, 1.807) is 0 Å². The summed E-state index contributed by atoms with van der Waals surface area (Å²) in [6, 6.07) is 18.1. The van der Waals surface area contributed by atoms with Gasteiger partial charge in [0.15, 0.2) is 0 Å². The van der Waals surface area contributed by atoms with Gasteiger partial charge in [0.25, 0.3) is 0 Å². The predicted octanol–water partition coefficient (Wildman–Crippen LogP) is 6.09. The third kappa shape index (κ3) is 2.31. The van der Waals surface area contributed by atoms with Gasteiger partial charge in [0, 0.05) is 28.2 Å². The van der Waals surface area contributed by atoms with E-state index in [4.69, 9.17) is 0 Å². The van der Waals surface area contributed by atoms with Crippen LogP contribution in [0.2, 0.25) is 0 Å². The first kappa shape index (κ1) is 14.3. The Hall–Kier alpha value is -2.28. The molecule has 1 nitrogen and oxygen atoms in total. The van der Waals surface area contributed by atoms with Crippen molar-refractivity contribution in [1.82, 2.24) is 4.57 Å². The molecular formula is C22H23N. The van der Waals surface area contributed by atoms with Crippen LogP contribution >= 0.6 is 0 Å². The number of fused-ring (bicyclic) bond motifs is 3. The van der Waals surface area contributed by atoms with Crippen molar-refractivity contribution in [3.63, 3.8) is 0 Å². The van der Waals surface area contributed by atoms with Gasteiger partial charge >= 0.3 is 0 Å². The van der Waals surface area contributed by atoms with Crippen LogP contribution in [-0.2, 0) is 6.42 Å². The quantitative estimate of drug-likeness (QED) is 0.539. The van der Waals surface area contributed by atoms with Crippen LogP contribution in [0.4, 0.5) is 0 Å². The van der Waals surface area contributed by atoms with Gasteiger partial charge in [-0.1, -0.05) is 55.5 Å². The first-order valence-corrected chi connectivity index (χ1v) is 8.55. The Morgan fingerprint density at radius 3 is 2.52 bits per heavy atom. The average molecular weight is 301 g/mol. The van der Waals surface area contributed by atoms with Gasteiger partial charge in [-0.15, -0.1) is 0 Å². The zero-order valence-corrected chi connectivity index (χ0v) is 14.1. The van der Waals surface area contributed by atoms with Crippen LogP contribution in [0.3, 0.4) is 0 Å². The van der Waals surface area contributed by atoms with Crippen LogP contribution in [-0.4, -0.2) is 4.57 Å². The predicted molar refractivity (Wildman–Crippen MR) is 99.7 cm³/mol. The monoisotopic (exact) mass is 301 g/mol. The Morgan fingerprint density at radius 1 is 1.00 bits per heavy atom. The van der Waals surface area contributed by atoms with E-state index in [1.807, 2.05) is 0 Å². The second-order valence-corrected chi connectivity index (χ2v) is 6.96. The molecule has 1 atom stereocenters. The maximum absolute atomic E-state index is 2.53. The highest BCUT2D eigenvalue weighted by Crippen LogP contribution is 2.37. The van der Waals surface area contributed by atoms with E-state index in [-0.39, 0.29) is 0 Å². The summed E-state index contributed by atoms with van der Waals surface area (Å²) >= 11 is 0. The number of hydrogen-bond donors (Lipinski definition) is 0. The van der Waals surface area contributed by atoms with Crippen molar-refractivity contribution in [2.24, 2.45) is 5.92 Å². The highest BCUT2D eigenvalue weighted by molar-refractivity contribution is 5.95. The molecule has 0 N–H and O–H groups in total. The van der Waals surface area contributed by atoms with E-state index in [1.165, 1.54) is 33.3 Å². The lowest BCUT2D eigenvalue weighted by Gasteiger charge is -2.19. The van der Waals surface area contributed by atoms with E-state index in [0.29, 0.717) is 12.0 Å². The largest absolute Gasteiger partial charge is 0.341 e. The summed E-state index contributed by atoms with van der Waals surface area (Å²) < 4.78 is 2.53. The van der Waals surface area contributed by atoms with Gasteiger partial charge in [0.05, 0.1) is 0 Å². The molecule has 116 valence electrons. The molecule has 1 aliphatic rings. The summed E-state index contributed by atoms with van der Waals surface area (Å²) in [5.74, 6) is 0.623. The van der Waals surface area contributed by atoms with Crippen LogP contribution < -0.4 is 0 Å². The summed E-state index contributed by atoms with van der Waals surface area (Å²) in [5, 5.41) is 1.39. The second kappa shape index (κ2) is 5.42. The highest BCUT2D eigenvalue weighted by Gasteiger charge is 2.21. The molecule has 1 aromatic heterocycles. The molecule has 1 unspecified atom stereocenters. The maximum atomic E-state index is 2.53. The first-order valence-electron chi connectivity index (χ1n) is 8.55. The van der Waals surface area contributed by atoms with Crippen LogP contribution in [0.25, 0.3) is 28.1 Å². The molecule has 3 aromatic rings. The average Bonchev–Trinajstić information content (AvgIpc) is 2.88. The van der Waals surface area contributed by atoms with Gasteiger partial charge in [0.2, 0.25) is 0 Å². The number of hydrogen-bond acceptors (Lipinski definition) is 0. The summed E-state index contributed by atoms with van der Waals surface area (Å²) in [4.78, 5) is 0. The fraction of sp³-hybridized carbons (Fsp3) is 0.273. The molecular weight excluding hydrogens is 278 g/mol. The second-order valence-electron chi connectivity index (χ2n) is 6.96. The normalized spacial score (nSPS) is 17.0. The summed E-state index contributed by atoms with van der Waals surface area (Å²) in [7, 11) is 0. The van der Waals surface area contributed by atoms with Gasteiger partial charge in [-0.2, -0.15) is 0 Å². The minimum Gasteiger partial charge on any atom is -0.341 e. The molecule has 0 aliphatic heterocycles. The molecule has 4 rings (SSSR count). The van der Waals surface area contributed by atoms with Crippen molar-refractivity contribution in [2.45, 2.75) is 33.2 Å². The summed E-state index contributed by atoms with van der Waals surface area (Å²) in [5.41, 5.74) is 6.87. The Labute approximate surface area is 138 Å². The Morgan fingerprint density at radius 2 is 1.78 bits per heavy atom. The van der Waals surface area contributed by atoms with Crippen LogP contribution in [0, 0.1) is 5.92 Å². The standard InChI is InChI=1S/C22H23N/c1-15(2)23-21-12-10-18(17-7-5-4-6-8-17)14-20(21)19-11-9-16(3)13-22(19)23/h4-12,14-16H,13H2,1-3H3. The molecule has 0 saturated carbocycles. The molecule has 0 fully saturated rings. The maximum Gasteiger partial charge on any atom is 0.0491 e. The third-order valence-electron chi connectivity index (χ3n) is 4.88. The topological polar surface area (TPSA) is 4.93 Å². The van der Waals surface area contributed by atoms with Crippen LogP contribution in [0.5, 0.6) is 0 Å².